The molecule has 0 radical (unpaired) electrons. The molecule has 1 heterocycles. The highest BCUT2D eigenvalue weighted by Gasteiger charge is 2.34. The molecular formula is C13H16ClFO2. The molecule has 1 fully saturated rings. The van der Waals surface area contributed by atoms with Crippen LogP contribution in [0.1, 0.15) is 25.3 Å². The molecule has 0 saturated carbocycles. The second-order valence-electron chi connectivity index (χ2n) is 4.75. The average molecular weight is 259 g/mol. The van der Waals surface area contributed by atoms with Crippen LogP contribution in [0.15, 0.2) is 18.2 Å². The van der Waals surface area contributed by atoms with Crippen LogP contribution in [0.5, 0.6) is 0 Å². The molecule has 1 aliphatic heterocycles. The van der Waals surface area contributed by atoms with Crippen molar-refractivity contribution in [3.05, 3.63) is 34.6 Å². The Kier molecular flexibility index (Phi) is 3.71. The highest BCUT2D eigenvalue weighted by molar-refractivity contribution is 6.31. The fraction of sp³-hybridized carbons (Fsp3) is 0.538. The summed E-state index contributed by atoms with van der Waals surface area (Å²) in [4.78, 5) is 0. The number of ether oxygens (including phenoxy) is 1. The van der Waals surface area contributed by atoms with Gasteiger partial charge in [-0.3, -0.25) is 0 Å². The molecule has 94 valence electrons. The van der Waals surface area contributed by atoms with Gasteiger partial charge in [0.1, 0.15) is 5.82 Å². The van der Waals surface area contributed by atoms with Gasteiger partial charge in [-0.05, 0) is 25.0 Å². The molecule has 2 unspecified atom stereocenters. The van der Waals surface area contributed by atoms with Gasteiger partial charge in [0, 0.05) is 19.4 Å². The molecule has 0 spiro atoms. The minimum atomic E-state index is -0.838. The zero-order valence-corrected chi connectivity index (χ0v) is 10.5. The molecule has 1 N–H and O–H groups in total. The monoisotopic (exact) mass is 258 g/mol. The lowest BCUT2D eigenvalue weighted by molar-refractivity contribution is -0.0961. The third kappa shape index (κ3) is 2.97. The van der Waals surface area contributed by atoms with E-state index >= 15 is 0 Å². The Bertz CT molecular complexity index is 410. The zero-order valence-electron chi connectivity index (χ0n) is 9.75. The van der Waals surface area contributed by atoms with E-state index in [0.717, 1.165) is 0 Å². The third-order valence-corrected chi connectivity index (χ3v) is 3.61. The first-order valence-corrected chi connectivity index (χ1v) is 6.15. The molecule has 1 aromatic rings. The van der Waals surface area contributed by atoms with Crippen LogP contribution >= 0.6 is 11.6 Å². The van der Waals surface area contributed by atoms with E-state index in [0.29, 0.717) is 31.4 Å². The first-order valence-electron chi connectivity index (χ1n) is 5.77. The van der Waals surface area contributed by atoms with Gasteiger partial charge in [-0.15, -0.1) is 0 Å². The van der Waals surface area contributed by atoms with Crippen molar-refractivity contribution in [2.75, 3.05) is 6.61 Å². The molecule has 1 aromatic carbocycles. The lowest BCUT2D eigenvalue weighted by atomic mass is 9.85. The van der Waals surface area contributed by atoms with Crippen molar-refractivity contribution in [3.8, 4) is 0 Å². The predicted molar refractivity (Wildman–Crippen MR) is 64.7 cm³/mol. The van der Waals surface area contributed by atoms with Crippen LogP contribution in [0.25, 0.3) is 0 Å². The quantitative estimate of drug-likeness (QED) is 0.884. The third-order valence-electron chi connectivity index (χ3n) is 3.19. The van der Waals surface area contributed by atoms with Gasteiger partial charge in [0.15, 0.2) is 0 Å². The van der Waals surface area contributed by atoms with Crippen LogP contribution in [-0.2, 0) is 11.2 Å². The van der Waals surface area contributed by atoms with Crippen molar-refractivity contribution in [2.24, 2.45) is 0 Å². The second-order valence-corrected chi connectivity index (χ2v) is 5.13. The summed E-state index contributed by atoms with van der Waals surface area (Å²) in [5, 5.41) is 10.6. The summed E-state index contributed by atoms with van der Waals surface area (Å²) in [6, 6.07) is 4.69. The van der Waals surface area contributed by atoms with E-state index in [1.54, 1.807) is 12.1 Å². The highest BCUT2D eigenvalue weighted by atomic mass is 35.5. The summed E-state index contributed by atoms with van der Waals surface area (Å²) in [7, 11) is 0. The first kappa shape index (κ1) is 12.8. The maximum absolute atomic E-state index is 13.3. The minimum absolute atomic E-state index is 0.0288. The molecular weight excluding hydrogens is 243 g/mol. The smallest absolute Gasteiger partial charge is 0.142 e. The normalized spacial score (nSPS) is 29.3. The number of halogens is 2. The van der Waals surface area contributed by atoms with Crippen LogP contribution in [0.4, 0.5) is 4.39 Å². The van der Waals surface area contributed by atoms with Gasteiger partial charge < -0.3 is 9.84 Å². The molecule has 0 bridgehead atoms. The number of hydrogen-bond acceptors (Lipinski definition) is 2. The van der Waals surface area contributed by atoms with Crippen LogP contribution in [-0.4, -0.2) is 23.4 Å². The molecule has 1 saturated heterocycles. The molecule has 17 heavy (non-hydrogen) atoms. The van der Waals surface area contributed by atoms with E-state index in [1.165, 1.54) is 6.07 Å². The van der Waals surface area contributed by atoms with Crippen molar-refractivity contribution in [1.29, 1.82) is 0 Å². The SMILES string of the molecule is CC1CC(O)(Cc2cccc(F)c2Cl)CCO1. The second kappa shape index (κ2) is 4.92. The maximum atomic E-state index is 13.3. The van der Waals surface area contributed by atoms with E-state index in [2.05, 4.69) is 0 Å². The molecule has 1 aliphatic rings. The van der Waals surface area contributed by atoms with Crippen LogP contribution in [0.3, 0.4) is 0 Å². The Balaban J connectivity index is 2.17. The summed E-state index contributed by atoms with van der Waals surface area (Å²) < 4.78 is 18.7. The van der Waals surface area contributed by atoms with E-state index in [1.807, 2.05) is 6.92 Å². The number of aliphatic hydroxyl groups is 1. The summed E-state index contributed by atoms with van der Waals surface area (Å²) in [6.45, 7) is 2.46. The fourth-order valence-electron chi connectivity index (χ4n) is 2.35. The Morgan fingerprint density at radius 1 is 1.59 bits per heavy atom. The topological polar surface area (TPSA) is 29.5 Å². The Hall–Kier alpha value is -0.640. The molecule has 0 aromatic heterocycles. The van der Waals surface area contributed by atoms with Crippen molar-refractivity contribution < 1.29 is 14.2 Å². The molecule has 0 amide bonds. The standard InChI is InChI=1S/C13H16ClFO2/c1-9-7-13(16,5-6-17-9)8-10-3-2-4-11(15)12(10)14/h2-4,9,16H,5-8H2,1H3. The lowest BCUT2D eigenvalue weighted by Crippen LogP contribution is -2.41. The maximum Gasteiger partial charge on any atom is 0.142 e. The van der Waals surface area contributed by atoms with Gasteiger partial charge in [-0.2, -0.15) is 0 Å². The Labute approximate surface area is 105 Å². The number of benzene rings is 1. The zero-order chi connectivity index (χ0) is 12.5. The highest BCUT2D eigenvalue weighted by Crippen LogP contribution is 2.31. The summed E-state index contributed by atoms with van der Waals surface area (Å²) >= 11 is 5.89. The van der Waals surface area contributed by atoms with Crippen molar-refractivity contribution in [2.45, 2.75) is 37.9 Å². The van der Waals surface area contributed by atoms with Gasteiger partial charge in [0.25, 0.3) is 0 Å². The summed E-state index contributed by atoms with van der Waals surface area (Å²) in [5.41, 5.74) is -0.182. The van der Waals surface area contributed by atoms with Gasteiger partial charge in [0.2, 0.25) is 0 Å². The van der Waals surface area contributed by atoms with Crippen molar-refractivity contribution in [1.82, 2.24) is 0 Å². The molecule has 2 rings (SSSR count). The largest absolute Gasteiger partial charge is 0.389 e. The van der Waals surface area contributed by atoms with Gasteiger partial charge in [-0.1, -0.05) is 23.7 Å². The van der Waals surface area contributed by atoms with Crippen molar-refractivity contribution >= 4 is 11.6 Å². The number of rotatable bonds is 2. The Morgan fingerprint density at radius 2 is 2.35 bits per heavy atom. The number of hydrogen-bond donors (Lipinski definition) is 1. The predicted octanol–water partition coefficient (Wildman–Crippen LogP) is 2.95. The molecule has 2 atom stereocenters. The van der Waals surface area contributed by atoms with E-state index in [4.69, 9.17) is 16.3 Å². The van der Waals surface area contributed by atoms with Crippen LogP contribution in [0.2, 0.25) is 5.02 Å². The first-order chi connectivity index (χ1) is 8.00. The van der Waals surface area contributed by atoms with Gasteiger partial charge in [-0.25, -0.2) is 4.39 Å². The minimum Gasteiger partial charge on any atom is -0.389 e. The van der Waals surface area contributed by atoms with E-state index in [9.17, 15) is 9.50 Å². The molecule has 0 aliphatic carbocycles. The van der Waals surface area contributed by atoms with E-state index < -0.39 is 11.4 Å². The lowest BCUT2D eigenvalue weighted by Gasteiger charge is -2.35. The van der Waals surface area contributed by atoms with Crippen molar-refractivity contribution in [3.63, 3.8) is 0 Å². The molecule has 4 heteroatoms. The van der Waals surface area contributed by atoms with Gasteiger partial charge in [0.05, 0.1) is 16.7 Å². The summed E-state index contributed by atoms with van der Waals surface area (Å²) in [5.74, 6) is -0.437. The molecule has 2 nitrogen and oxygen atoms in total. The average Bonchev–Trinajstić information content (AvgIpc) is 2.24. The van der Waals surface area contributed by atoms with Crippen LogP contribution < -0.4 is 0 Å². The van der Waals surface area contributed by atoms with E-state index in [-0.39, 0.29) is 11.1 Å². The fourth-order valence-corrected chi connectivity index (χ4v) is 2.54. The van der Waals surface area contributed by atoms with Crippen LogP contribution in [0, 0.1) is 5.82 Å². The Morgan fingerprint density at radius 3 is 3.06 bits per heavy atom. The summed E-state index contributed by atoms with van der Waals surface area (Å²) in [6.07, 6.45) is 1.52. The van der Waals surface area contributed by atoms with Gasteiger partial charge >= 0.3 is 0 Å².